The van der Waals surface area contributed by atoms with E-state index < -0.39 is 5.82 Å². The van der Waals surface area contributed by atoms with Crippen molar-refractivity contribution in [2.24, 2.45) is 0 Å². The van der Waals surface area contributed by atoms with E-state index in [1.807, 2.05) is 25.1 Å². The summed E-state index contributed by atoms with van der Waals surface area (Å²) < 4.78 is 13.4. The molecular weight excluding hydrogens is 307 g/mol. The maximum absolute atomic E-state index is 13.4. The topological polar surface area (TPSA) is 70.9 Å². The van der Waals surface area contributed by atoms with E-state index in [-0.39, 0.29) is 5.75 Å². The third-order valence-electron chi connectivity index (χ3n) is 3.57. The third kappa shape index (κ3) is 3.65. The number of aromatic hydroxyl groups is 1. The zero-order valence-electron chi connectivity index (χ0n) is 13.2. The van der Waals surface area contributed by atoms with E-state index in [4.69, 9.17) is 0 Å². The molecule has 0 radical (unpaired) electrons. The number of hydrogen-bond donors (Lipinski definition) is 2. The lowest BCUT2D eigenvalue weighted by molar-refractivity contribution is 0.432. The Hall–Kier alpha value is -3.02. The predicted molar refractivity (Wildman–Crippen MR) is 90.0 cm³/mol. The first-order chi connectivity index (χ1) is 11.7. The van der Waals surface area contributed by atoms with Crippen molar-refractivity contribution in [1.29, 1.82) is 0 Å². The van der Waals surface area contributed by atoms with Crippen LogP contribution >= 0.6 is 0 Å². The molecule has 2 heterocycles. The number of halogens is 1. The summed E-state index contributed by atoms with van der Waals surface area (Å²) in [7, 11) is 0. The Morgan fingerprint density at radius 1 is 1.08 bits per heavy atom. The summed E-state index contributed by atoms with van der Waals surface area (Å²) in [6.07, 6.45) is 4.18. The SMILES string of the molecule is CCc1cc(NCc2ccc(O)c(F)c2)nc(-c2ccncc2)n1. The summed E-state index contributed by atoms with van der Waals surface area (Å²) in [6.45, 7) is 2.42. The highest BCUT2D eigenvalue weighted by atomic mass is 19.1. The first kappa shape index (κ1) is 15.9. The summed E-state index contributed by atoms with van der Waals surface area (Å²) in [6, 6.07) is 9.89. The van der Waals surface area contributed by atoms with Crippen LogP contribution in [0.4, 0.5) is 10.2 Å². The first-order valence-electron chi connectivity index (χ1n) is 7.65. The minimum absolute atomic E-state index is 0.353. The first-order valence-corrected chi connectivity index (χ1v) is 7.65. The quantitative estimate of drug-likeness (QED) is 0.751. The standard InChI is InChI=1S/C18H17FN4O/c1-2-14-10-17(21-11-12-3-4-16(24)15(19)9-12)23-18(22-14)13-5-7-20-8-6-13/h3-10,24H,2,11H2,1H3,(H,21,22,23). The van der Waals surface area contributed by atoms with Crippen molar-refractivity contribution in [3.8, 4) is 17.1 Å². The van der Waals surface area contributed by atoms with E-state index in [2.05, 4.69) is 20.3 Å². The molecule has 0 saturated carbocycles. The van der Waals surface area contributed by atoms with Gasteiger partial charge in [0.25, 0.3) is 0 Å². The zero-order chi connectivity index (χ0) is 16.9. The summed E-state index contributed by atoms with van der Waals surface area (Å²) in [5.41, 5.74) is 2.52. The molecule has 3 aromatic rings. The monoisotopic (exact) mass is 324 g/mol. The van der Waals surface area contributed by atoms with Gasteiger partial charge >= 0.3 is 0 Å². The summed E-state index contributed by atoms with van der Waals surface area (Å²) in [4.78, 5) is 13.0. The number of aryl methyl sites for hydroxylation is 1. The molecule has 24 heavy (non-hydrogen) atoms. The number of phenolic OH excluding ortho intramolecular Hbond substituents is 1. The number of nitrogens with one attached hydrogen (secondary N) is 1. The Labute approximate surface area is 139 Å². The van der Waals surface area contributed by atoms with Crippen LogP contribution in [0.2, 0.25) is 0 Å². The molecule has 0 unspecified atom stereocenters. The summed E-state index contributed by atoms with van der Waals surface area (Å²) in [5.74, 6) is 0.302. The molecule has 3 rings (SSSR count). The zero-order valence-corrected chi connectivity index (χ0v) is 13.2. The molecule has 1 aromatic carbocycles. The Kier molecular flexibility index (Phi) is 4.65. The average Bonchev–Trinajstić information content (AvgIpc) is 2.63. The Morgan fingerprint density at radius 2 is 1.88 bits per heavy atom. The van der Waals surface area contributed by atoms with Crippen LogP contribution in [0.3, 0.4) is 0 Å². The van der Waals surface area contributed by atoms with Gasteiger partial charge in [0.05, 0.1) is 0 Å². The van der Waals surface area contributed by atoms with E-state index in [1.54, 1.807) is 18.5 Å². The smallest absolute Gasteiger partial charge is 0.165 e. The van der Waals surface area contributed by atoms with Gasteiger partial charge in [0, 0.05) is 36.3 Å². The third-order valence-corrected chi connectivity index (χ3v) is 3.57. The second-order valence-corrected chi connectivity index (χ2v) is 5.30. The molecular formula is C18H17FN4O. The van der Waals surface area contributed by atoms with Crippen LogP contribution < -0.4 is 5.32 Å². The van der Waals surface area contributed by atoms with Gasteiger partial charge in [-0.25, -0.2) is 14.4 Å². The maximum Gasteiger partial charge on any atom is 0.165 e. The van der Waals surface area contributed by atoms with Gasteiger partial charge in [-0.05, 0) is 36.2 Å². The van der Waals surface area contributed by atoms with Gasteiger partial charge in [0.15, 0.2) is 17.4 Å². The second-order valence-electron chi connectivity index (χ2n) is 5.30. The molecule has 122 valence electrons. The Morgan fingerprint density at radius 3 is 2.58 bits per heavy atom. The lowest BCUT2D eigenvalue weighted by Gasteiger charge is -2.10. The number of aromatic nitrogens is 3. The minimum Gasteiger partial charge on any atom is -0.505 e. The summed E-state index contributed by atoms with van der Waals surface area (Å²) in [5, 5.41) is 12.4. The van der Waals surface area contributed by atoms with Crippen molar-refractivity contribution in [1.82, 2.24) is 15.0 Å². The van der Waals surface area contributed by atoms with E-state index in [1.165, 1.54) is 12.1 Å². The molecule has 0 amide bonds. The van der Waals surface area contributed by atoms with Crippen LogP contribution in [0.5, 0.6) is 5.75 Å². The Bertz CT molecular complexity index is 840. The molecule has 0 aliphatic carbocycles. The number of anilines is 1. The predicted octanol–water partition coefficient (Wildman–Crippen LogP) is 3.56. The highest BCUT2D eigenvalue weighted by molar-refractivity contribution is 5.56. The van der Waals surface area contributed by atoms with Crippen LogP contribution in [-0.2, 0) is 13.0 Å². The molecule has 0 atom stereocenters. The highest BCUT2D eigenvalue weighted by Gasteiger charge is 2.07. The molecule has 0 spiro atoms. The van der Waals surface area contributed by atoms with Crippen molar-refractivity contribution in [2.45, 2.75) is 19.9 Å². The van der Waals surface area contributed by atoms with Gasteiger partial charge < -0.3 is 10.4 Å². The van der Waals surface area contributed by atoms with Crippen molar-refractivity contribution < 1.29 is 9.50 Å². The maximum atomic E-state index is 13.4. The van der Waals surface area contributed by atoms with Crippen molar-refractivity contribution in [3.63, 3.8) is 0 Å². The number of benzene rings is 1. The molecule has 0 saturated heterocycles. The molecule has 0 fully saturated rings. The van der Waals surface area contributed by atoms with E-state index >= 15 is 0 Å². The van der Waals surface area contributed by atoms with Crippen LogP contribution in [0, 0.1) is 5.82 Å². The Balaban J connectivity index is 1.83. The van der Waals surface area contributed by atoms with Crippen LogP contribution in [0.25, 0.3) is 11.4 Å². The van der Waals surface area contributed by atoms with Crippen molar-refractivity contribution in [2.75, 3.05) is 5.32 Å². The number of phenols is 1. The summed E-state index contributed by atoms with van der Waals surface area (Å²) >= 11 is 0. The lowest BCUT2D eigenvalue weighted by atomic mass is 10.2. The number of rotatable bonds is 5. The van der Waals surface area contributed by atoms with Crippen LogP contribution in [0.15, 0.2) is 48.8 Å². The molecule has 2 aromatic heterocycles. The fraction of sp³-hybridized carbons (Fsp3) is 0.167. The molecule has 5 nitrogen and oxygen atoms in total. The fourth-order valence-electron chi connectivity index (χ4n) is 2.25. The molecule has 0 bridgehead atoms. The molecule has 6 heteroatoms. The minimum atomic E-state index is -0.635. The number of hydrogen-bond acceptors (Lipinski definition) is 5. The molecule has 0 aliphatic heterocycles. The normalized spacial score (nSPS) is 10.6. The van der Waals surface area contributed by atoms with Gasteiger partial charge in [0.1, 0.15) is 5.82 Å². The van der Waals surface area contributed by atoms with Crippen LogP contribution in [0.1, 0.15) is 18.2 Å². The van der Waals surface area contributed by atoms with Crippen molar-refractivity contribution >= 4 is 5.82 Å². The van der Waals surface area contributed by atoms with E-state index in [0.717, 1.165) is 17.7 Å². The number of pyridine rings is 1. The van der Waals surface area contributed by atoms with Gasteiger partial charge in [-0.3, -0.25) is 4.98 Å². The highest BCUT2D eigenvalue weighted by Crippen LogP contribution is 2.19. The van der Waals surface area contributed by atoms with Gasteiger partial charge in [-0.2, -0.15) is 0 Å². The lowest BCUT2D eigenvalue weighted by Crippen LogP contribution is -2.05. The van der Waals surface area contributed by atoms with Gasteiger partial charge in [0.2, 0.25) is 0 Å². The largest absolute Gasteiger partial charge is 0.505 e. The molecule has 0 aliphatic rings. The van der Waals surface area contributed by atoms with Crippen molar-refractivity contribution in [3.05, 3.63) is 65.9 Å². The molecule has 2 N–H and O–H groups in total. The second kappa shape index (κ2) is 7.04. The van der Waals surface area contributed by atoms with Gasteiger partial charge in [-0.15, -0.1) is 0 Å². The van der Waals surface area contributed by atoms with E-state index in [0.29, 0.717) is 23.8 Å². The number of nitrogens with zero attached hydrogens (tertiary/aromatic N) is 3. The average molecular weight is 324 g/mol. The van der Waals surface area contributed by atoms with E-state index in [9.17, 15) is 9.50 Å². The van der Waals surface area contributed by atoms with Gasteiger partial charge in [-0.1, -0.05) is 13.0 Å². The van der Waals surface area contributed by atoms with Crippen LogP contribution in [-0.4, -0.2) is 20.1 Å². The fourth-order valence-corrected chi connectivity index (χ4v) is 2.25.